The fourth-order valence-corrected chi connectivity index (χ4v) is 4.89. The number of nitrogens with zero attached hydrogens (tertiary/aromatic N) is 2. The Morgan fingerprint density at radius 1 is 0.529 bits per heavy atom. The van der Waals surface area contributed by atoms with E-state index < -0.39 is 0 Å². The van der Waals surface area contributed by atoms with Crippen LogP contribution in [-0.2, 0) is 9.47 Å². The average Bonchev–Trinajstić information content (AvgIpc) is 3.36. The molecule has 12 heteroatoms. The van der Waals surface area contributed by atoms with Crippen LogP contribution in [0.4, 0.5) is 10.3 Å². The average molecular weight is 505 g/mol. The Kier molecular flexibility index (Phi) is 7.00. The van der Waals surface area contributed by atoms with E-state index in [1.54, 1.807) is 0 Å². The van der Waals surface area contributed by atoms with Crippen molar-refractivity contribution in [2.45, 2.75) is 0 Å². The van der Waals surface area contributed by atoms with Crippen molar-refractivity contribution in [3.63, 3.8) is 0 Å². The lowest BCUT2D eigenvalue weighted by molar-refractivity contribution is 0.0641. The number of aromatic nitrogens is 2. The lowest BCUT2D eigenvalue weighted by Crippen LogP contribution is -2.15. The standard InChI is InChI=1S/C22H24N4O6S2/c23-21-25-13-9-15-17(11-19(13)33-21)32-8-4-28-2-6-30-16-10-14-20(34-22(24)26-14)12-18(16)31-7-3-27-1-5-29-15/h9-12H,1-8H2,(H2,23,25)(H2,24,26). The Hall–Kier alpha value is -3.06. The fourth-order valence-electron chi connectivity index (χ4n) is 3.41. The zero-order chi connectivity index (χ0) is 23.3. The molecule has 4 N–H and O–H groups in total. The zero-order valence-electron chi connectivity index (χ0n) is 18.3. The molecular weight excluding hydrogens is 480 g/mol. The predicted octanol–water partition coefficient (Wildman–Crippen LogP) is 3.33. The van der Waals surface area contributed by atoms with Crippen molar-refractivity contribution in [3.05, 3.63) is 24.3 Å². The molecule has 5 rings (SSSR count). The Balaban J connectivity index is 1.27. The van der Waals surface area contributed by atoms with Crippen LogP contribution < -0.4 is 30.4 Å². The quantitative estimate of drug-likeness (QED) is 0.367. The minimum atomic E-state index is 0.346. The molecule has 3 heterocycles. The summed E-state index contributed by atoms with van der Waals surface area (Å²) < 4.78 is 36.9. The van der Waals surface area contributed by atoms with E-state index in [0.717, 1.165) is 20.4 Å². The van der Waals surface area contributed by atoms with E-state index in [1.165, 1.54) is 22.7 Å². The van der Waals surface area contributed by atoms with E-state index in [0.29, 0.717) is 86.1 Å². The largest absolute Gasteiger partial charge is 0.487 e. The number of anilines is 2. The van der Waals surface area contributed by atoms with Crippen molar-refractivity contribution in [3.8, 4) is 23.0 Å². The number of hydrogen-bond acceptors (Lipinski definition) is 12. The van der Waals surface area contributed by atoms with Crippen molar-refractivity contribution in [1.29, 1.82) is 0 Å². The molecule has 10 nitrogen and oxygen atoms in total. The molecule has 4 aromatic rings. The third-order valence-electron chi connectivity index (χ3n) is 4.88. The first-order valence-corrected chi connectivity index (χ1v) is 12.4. The van der Waals surface area contributed by atoms with Crippen LogP contribution in [0.1, 0.15) is 0 Å². The molecule has 0 amide bonds. The smallest absolute Gasteiger partial charge is 0.181 e. The molecule has 0 unspecified atom stereocenters. The van der Waals surface area contributed by atoms with Crippen LogP contribution in [0, 0.1) is 0 Å². The number of nitrogens with two attached hydrogens (primary N) is 2. The van der Waals surface area contributed by atoms with Gasteiger partial charge in [0.1, 0.15) is 26.4 Å². The number of ether oxygens (including phenoxy) is 6. The molecule has 180 valence electrons. The number of rotatable bonds is 0. The summed E-state index contributed by atoms with van der Waals surface area (Å²) in [5.74, 6) is 2.40. The van der Waals surface area contributed by atoms with Crippen LogP contribution >= 0.6 is 22.7 Å². The minimum Gasteiger partial charge on any atom is -0.487 e. The molecule has 0 radical (unpaired) electrons. The van der Waals surface area contributed by atoms with Gasteiger partial charge in [-0.15, -0.1) is 0 Å². The molecule has 0 atom stereocenters. The van der Waals surface area contributed by atoms with Gasteiger partial charge in [0.05, 0.1) is 46.9 Å². The molecule has 0 spiro atoms. The highest BCUT2D eigenvalue weighted by molar-refractivity contribution is 7.22. The first-order valence-electron chi connectivity index (χ1n) is 10.7. The summed E-state index contributed by atoms with van der Waals surface area (Å²) in [6.07, 6.45) is 0. The SMILES string of the molecule is Nc1nc2cc3c(cc2s1)OCCOCCOc1cc2nc(N)sc2cc1OCCOCCO3. The van der Waals surface area contributed by atoms with Gasteiger partial charge in [-0.2, -0.15) is 0 Å². The summed E-state index contributed by atoms with van der Waals surface area (Å²) in [6.45, 7) is 2.94. The predicted molar refractivity (Wildman–Crippen MR) is 132 cm³/mol. The highest BCUT2D eigenvalue weighted by Crippen LogP contribution is 2.37. The van der Waals surface area contributed by atoms with Crippen molar-refractivity contribution in [2.24, 2.45) is 0 Å². The van der Waals surface area contributed by atoms with Gasteiger partial charge in [0.2, 0.25) is 0 Å². The maximum atomic E-state index is 5.92. The second kappa shape index (κ2) is 10.5. The second-order valence-electron chi connectivity index (χ2n) is 7.26. The van der Waals surface area contributed by atoms with Gasteiger partial charge in [-0.05, 0) is 0 Å². The van der Waals surface area contributed by atoms with E-state index in [-0.39, 0.29) is 0 Å². The molecule has 34 heavy (non-hydrogen) atoms. The van der Waals surface area contributed by atoms with Crippen LogP contribution in [0.15, 0.2) is 24.3 Å². The van der Waals surface area contributed by atoms with Gasteiger partial charge in [0, 0.05) is 24.3 Å². The number of nitrogen functional groups attached to an aromatic ring is 2. The van der Waals surface area contributed by atoms with Crippen LogP contribution in [0.3, 0.4) is 0 Å². The Morgan fingerprint density at radius 3 is 1.26 bits per heavy atom. The third kappa shape index (κ3) is 5.36. The number of thiazole rings is 2. The summed E-state index contributed by atoms with van der Waals surface area (Å²) in [5.41, 5.74) is 13.2. The van der Waals surface area contributed by atoms with Crippen molar-refractivity contribution in [1.82, 2.24) is 9.97 Å². The summed E-state index contributed by atoms with van der Waals surface area (Å²) in [4.78, 5) is 8.65. The maximum absolute atomic E-state index is 5.92. The van der Waals surface area contributed by atoms with Crippen molar-refractivity contribution < 1.29 is 28.4 Å². The molecule has 0 saturated carbocycles. The minimum absolute atomic E-state index is 0.346. The van der Waals surface area contributed by atoms with E-state index >= 15 is 0 Å². The molecule has 2 aromatic heterocycles. The molecule has 0 saturated heterocycles. The van der Waals surface area contributed by atoms with Gasteiger partial charge >= 0.3 is 0 Å². The Labute approximate surface area is 203 Å². The first kappa shape index (κ1) is 22.7. The number of benzene rings is 2. The van der Waals surface area contributed by atoms with Gasteiger partial charge in [0.25, 0.3) is 0 Å². The topological polar surface area (TPSA) is 133 Å². The van der Waals surface area contributed by atoms with Gasteiger partial charge in [-0.3, -0.25) is 0 Å². The zero-order valence-corrected chi connectivity index (χ0v) is 19.9. The first-order chi connectivity index (χ1) is 16.7. The summed E-state index contributed by atoms with van der Waals surface area (Å²) in [6, 6.07) is 7.44. The molecule has 0 aliphatic carbocycles. The van der Waals surface area contributed by atoms with E-state index in [4.69, 9.17) is 39.9 Å². The normalized spacial score (nSPS) is 16.2. The molecular formula is C22H24N4O6S2. The molecule has 1 aliphatic rings. The molecule has 2 aromatic carbocycles. The Bertz CT molecular complexity index is 1090. The Morgan fingerprint density at radius 2 is 0.882 bits per heavy atom. The van der Waals surface area contributed by atoms with Gasteiger partial charge in [-0.1, -0.05) is 22.7 Å². The van der Waals surface area contributed by atoms with Crippen molar-refractivity contribution >= 4 is 53.4 Å². The van der Waals surface area contributed by atoms with E-state index in [9.17, 15) is 0 Å². The van der Waals surface area contributed by atoms with Crippen LogP contribution in [0.5, 0.6) is 23.0 Å². The highest BCUT2D eigenvalue weighted by atomic mass is 32.1. The molecule has 0 bridgehead atoms. The van der Waals surface area contributed by atoms with Crippen LogP contribution in [-0.4, -0.2) is 62.8 Å². The van der Waals surface area contributed by atoms with Crippen molar-refractivity contribution in [2.75, 3.05) is 64.3 Å². The van der Waals surface area contributed by atoms with Crippen LogP contribution in [0.2, 0.25) is 0 Å². The fraction of sp³-hybridized carbons (Fsp3) is 0.364. The van der Waals surface area contributed by atoms with Crippen LogP contribution in [0.25, 0.3) is 20.4 Å². The molecule has 1 aliphatic heterocycles. The summed E-state index contributed by atoms with van der Waals surface area (Å²) in [7, 11) is 0. The van der Waals surface area contributed by atoms with E-state index in [2.05, 4.69) is 9.97 Å². The summed E-state index contributed by atoms with van der Waals surface area (Å²) >= 11 is 2.80. The molecule has 0 fully saturated rings. The lowest BCUT2D eigenvalue weighted by Gasteiger charge is -2.15. The van der Waals surface area contributed by atoms with Gasteiger partial charge in [0.15, 0.2) is 33.3 Å². The maximum Gasteiger partial charge on any atom is 0.181 e. The second-order valence-corrected chi connectivity index (χ2v) is 9.38. The number of fused-ring (bicyclic) bond motifs is 4. The van der Waals surface area contributed by atoms with Gasteiger partial charge in [-0.25, -0.2) is 9.97 Å². The number of hydrogen-bond donors (Lipinski definition) is 2. The monoisotopic (exact) mass is 504 g/mol. The highest BCUT2D eigenvalue weighted by Gasteiger charge is 2.13. The lowest BCUT2D eigenvalue weighted by atomic mass is 10.3. The third-order valence-corrected chi connectivity index (χ3v) is 6.58. The van der Waals surface area contributed by atoms with E-state index in [1.807, 2.05) is 24.3 Å². The van der Waals surface area contributed by atoms with Gasteiger partial charge < -0.3 is 39.9 Å². The summed E-state index contributed by atoms with van der Waals surface area (Å²) in [5, 5.41) is 0.991.